The third kappa shape index (κ3) is 5.97. The Morgan fingerprint density at radius 3 is 2.53 bits per heavy atom. The second-order valence-corrected chi connectivity index (χ2v) is 7.79. The highest BCUT2D eigenvalue weighted by Crippen LogP contribution is 2.25. The number of carbonyl (C=O) groups excluding carboxylic acids is 3. The van der Waals surface area contributed by atoms with Crippen LogP contribution in [-0.4, -0.2) is 48.9 Å². The molecule has 3 rings (SSSR count). The van der Waals surface area contributed by atoms with Crippen LogP contribution in [0.25, 0.3) is 0 Å². The first kappa shape index (κ1) is 23.5. The van der Waals surface area contributed by atoms with Gasteiger partial charge in [-0.3, -0.25) is 14.4 Å². The summed E-state index contributed by atoms with van der Waals surface area (Å²) in [5.41, 5.74) is 1.09. The Labute approximate surface area is 190 Å². The SMILES string of the molecule is CCOC(=O)C1CCN(C(=O)CNc2ccccc2C(=O)Nc2ccc(F)cc2Cl)CC1. The number of nitrogens with one attached hydrogen (secondary N) is 2. The quantitative estimate of drug-likeness (QED) is 0.610. The minimum atomic E-state index is -0.500. The monoisotopic (exact) mass is 461 g/mol. The Balaban J connectivity index is 1.57. The summed E-state index contributed by atoms with van der Waals surface area (Å²) in [5, 5.41) is 5.76. The third-order valence-corrected chi connectivity index (χ3v) is 5.56. The van der Waals surface area contributed by atoms with Crippen molar-refractivity contribution >= 4 is 40.8 Å². The van der Waals surface area contributed by atoms with Gasteiger partial charge in [-0.05, 0) is 50.1 Å². The topological polar surface area (TPSA) is 87.7 Å². The Morgan fingerprint density at radius 1 is 1.12 bits per heavy atom. The summed E-state index contributed by atoms with van der Waals surface area (Å²) >= 11 is 5.99. The number of halogens is 2. The summed E-state index contributed by atoms with van der Waals surface area (Å²) in [6.07, 6.45) is 1.14. The molecule has 7 nitrogen and oxygen atoms in total. The van der Waals surface area contributed by atoms with E-state index in [0.717, 1.165) is 6.07 Å². The zero-order chi connectivity index (χ0) is 23.1. The molecule has 9 heteroatoms. The van der Waals surface area contributed by atoms with Crippen molar-refractivity contribution in [3.8, 4) is 0 Å². The van der Waals surface area contributed by atoms with Gasteiger partial charge in [0, 0.05) is 18.8 Å². The van der Waals surface area contributed by atoms with Crippen LogP contribution in [0.4, 0.5) is 15.8 Å². The Bertz CT molecular complexity index is 993. The molecule has 1 fully saturated rings. The standard InChI is InChI=1S/C23H25ClFN3O4/c1-2-32-23(31)15-9-11-28(12-10-15)21(29)14-26-19-6-4-3-5-17(19)22(30)27-20-8-7-16(25)13-18(20)24/h3-8,13,15,26H,2,9-12,14H2,1H3,(H,27,30). The number of likely N-dealkylation sites (tertiary alicyclic amines) is 1. The maximum Gasteiger partial charge on any atom is 0.309 e. The van der Waals surface area contributed by atoms with E-state index in [4.69, 9.17) is 16.3 Å². The summed E-state index contributed by atoms with van der Waals surface area (Å²) < 4.78 is 18.3. The van der Waals surface area contributed by atoms with Crippen molar-refractivity contribution in [3.05, 3.63) is 58.9 Å². The van der Waals surface area contributed by atoms with Crippen molar-refractivity contribution in [1.29, 1.82) is 0 Å². The van der Waals surface area contributed by atoms with Crippen LogP contribution in [-0.2, 0) is 14.3 Å². The van der Waals surface area contributed by atoms with Gasteiger partial charge in [-0.2, -0.15) is 0 Å². The van der Waals surface area contributed by atoms with Gasteiger partial charge in [0.25, 0.3) is 5.91 Å². The van der Waals surface area contributed by atoms with E-state index in [-0.39, 0.29) is 35.0 Å². The maximum atomic E-state index is 13.2. The number of para-hydroxylation sites is 1. The number of ether oxygens (including phenoxy) is 1. The van der Waals surface area contributed by atoms with E-state index < -0.39 is 11.7 Å². The van der Waals surface area contributed by atoms with Gasteiger partial charge >= 0.3 is 5.97 Å². The Morgan fingerprint density at radius 2 is 1.84 bits per heavy atom. The molecule has 0 atom stereocenters. The van der Waals surface area contributed by atoms with Crippen LogP contribution < -0.4 is 10.6 Å². The average molecular weight is 462 g/mol. The number of anilines is 2. The molecule has 2 N–H and O–H groups in total. The molecule has 32 heavy (non-hydrogen) atoms. The fourth-order valence-electron chi connectivity index (χ4n) is 3.52. The smallest absolute Gasteiger partial charge is 0.309 e. The van der Waals surface area contributed by atoms with Crippen LogP contribution in [0, 0.1) is 11.7 Å². The summed E-state index contributed by atoms with van der Waals surface area (Å²) in [6.45, 7) is 3.09. The number of amides is 2. The van der Waals surface area contributed by atoms with E-state index in [1.54, 1.807) is 36.1 Å². The molecule has 1 aliphatic heterocycles. The molecule has 0 aromatic heterocycles. The minimum Gasteiger partial charge on any atom is -0.466 e. The van der Waals surface area contributed by atoms with Gasteiger partial charge in [-0.15, -0.1) is 0 Å². The largest absolute Gasteiger partial charge is 0.466 e. The Kier molecular flexibility index (Phi) is 8.05. The van der Waals surface area contributed by atoms with Crippen LogP contribution in [0.3, 0.4) is 0 Å². The lowest BCUT2D eigenvalue weighted by Gasteiger charge is -2.31. The zero-order valence-electron chi connectivity index (χ0n) is 17.7. The molecule has 0 bridgehead atoms. The van der Waals surface area contributed by atoms with Crippen molar-refractivity contribution in [3.63, 3.8) is 0 Å². The van der Waals surface area contributed by atoms with Crippen molar-refractivity contribution < 1.29 is 23.5 Å². The summed E-state index contributed by atoms with van der Waals surface area (Å²) in [5.74, 6) is -1.44. The van der Waals surface area contributed by atoms with Gasteiger partial charge in [0.05, 0.1) is 35.3 Å². The number of piperidine rings is 1. The predicted octanol–water partition coefficient (Wildman–Crippen LogP) is 3.95. The van der Waals surface area contributed by atoms with E-state index in [2.05, 4.69) is 10.6 Å². The average Bonchev–Trinajstić information content (AvgIpc) is 2.79. The van der Waals surface area contributed by atoms with Gasteiger partial charge in [0.15, 0.2) is 0 Å². The normalized spacial score (nSPS) is 14.0. The highest BCUT2D eigenvalue weighted by atomic mass is 35.5. The molecule has 1 saturated heterocycles. The van der Waals surface area contributed by atoms with Crippen molar-refractivity contribution in [1.82, 2.24) is 4.90 Å². The van der Waals surface area contributed by atoms with Crippen LogP contribution >= 0.6 is 11.6 Å². The van der Waals surface area contributed by atoms with Crippen molar-refractivity contribution in [2.75, 3.05) is 36.9 Å². The molecule has 0 radical (unpaired) electrons. The number of hydrogen-bond donors (Lipinski definition) is 2. The number of benzene rings is 2. The van der Waals surface area contributed by atoms with Gasteiger partial charge in [-0.1, -0.05) is 23.7 Å². The Hall–Kier alpha value is -3.13. The third-order valence-electron chi connectivity index (χ3n) is 5.25. The molecular weight excluding hydrogens is 437 g/mol. The molecule has 0 unspecified atom stereocenters. The highest BCUT2D eigenvalue weighted by Gasteiger charge is 2.28. The number of esters is 1. The van der Waals surface area contributed by atoms with Gasteiger partial charge < -0.3 is 20.3 Å². The van der Waals surface area contributed by atoms with E-state index >= 15 is 0 Å². The summed E-state index contributed by atoms with van der Waals surface area (Å²) in [6, 6.07) is 10.5. The van der Waals surface area contributed by atoms with E-state index in [1.165, 1.54) is 12.1 Å². The first-order valence-electron chi connectivity index (χ1n) is 10.4. The lowest BCUT2D eigenvalue weighted by atomic mass is 9.97. The highest BCUT2D eigenvalue weighted by molar-refractivity contribution is 6.34. The number of carbonyl (C=O) groups is 3. The van der Waals surface area contributed by atoms with Crippen LogP contribution in [0.5, 0.6) is 0 Å². The van der Waals surface area contributed by atoms with E-state index in [9.17, 15) is 18.8 Å². The predicted molar refractivity (Wildman–Crippen MR) is 120 cm³/mol. The van der Waals surface area contributed by atoms with Crippen molar-refractivity contribution in [2.45, 2.75) is 19.8 Å². The molecule has 1 heterocycles. The number of nitrogens with zero attached hydrogens (tertiary/aromatic N) is 1. The molecule has 0 spiro atoms. The van der Waals surface area contributed by atoms with Gasteiger partial charge in [0.2, 0.25) is 5.91 Å². The second-order valence-electron chi connectivity index (χ2n) is 7.38. The molecule has 170 valence electrons. The molecule has 2 amide bonds. The van der Waals surface area contributed by atoms with Crippen LogP contribution in [0.2, 0.25) is 5.02 Å². The number of rotatable bonds is 7. The van der Waals surface area contributed by atoms with E-state index in [1.807, 2.05) is 0 Å². The van der Waals surface area contributed by atoms with E-state index in [0.29, 0.717) is 43.8 Å². The fourth-order valence-corrected chi connectivity index (χ4v) is 3.74. The maximum absolute atomic E-state index is 13.2. The zero-order valence-corrected chi connectivity index (χ0v) is 18.5. The summed E-state index contributed by atoms with van der Waals surface area (Å²) in [7, 11) is 0. The van der Waals surface area contributed by atoms with Crippen LogP contribution in [0.1, 0.15) is 30.1 Å². The fraction of sp³-hybridized carbons (Fsp3) is 0.348. The lowest BCUT2D eigenvalue weighted by molar-refractivity contribution is -0.151. The first-order chi connectivity index (χ1) is 15.4. The lowest BCUT2D eigenvalue weighted by Crippen LogP contribution is -2.43. The van der Waals surface area contributed by atoms with Crippen molar-refractivity contribution in [2.24, 2.45) is 5.92 Å². The molecule has 0 saturated carbocycles. The van der Waals surface area contributed by atoms with Gasteiger partial charge in [-0.25, -0.2) is 4.39 Å². The van der Waals surface area contributed by atoms with Crippen LogP contribution in [0.15, 0.2) is 42.5 Å². The molecule has 2 aromatic rings. The summed E-state index contributed by atoms with van der Waals surface area (Å²) in [4.78, 5) is 38.9. The molecule has 1 aliphatic rings. The number of hydrogen-bond acceptors (Lipinski definition) is 5. The second kappa shape index (κ2) is 10.9. The minimum absolute atomic E-state index is 0.00563. The molecule has 0 aliphatic carbocycles. The van der Waals surface area contributed by atoms with Gasteiger partial charge in [0.1, 0.15) is 5.82 Å². The molecular formula is C23H25ClFN3O4. The first-order valence-corrected chi connectivity index (χ1v) is 10.8. The molecule has 2 aromatic carbocycles.